The molecule has 3 nitrogen and oxygen atoms in total. The molecule has 1 aromatic rings. The highest BCUT2D eigenvalue weighted by atomic mass is 79.9. The van der Waals surface area contributed by atoms with E-state index in [4.69, 9.17) is 0 Å². The topological polar surface area (TPSA) is 37.4 Å². The van der Waals surface area contributed by atoms with E-state index in [1.165, 1.54) is 4.90 Å². The van der Waals surface area contributed by atoms with E-state index in [0.717, 1.165) is 22.9 Å². The van der Waals surface area contributed by atoms with Gasteiger partial charge in [0.1, 0.15) is 0 Å². The first-order valence-electron chi connectivity index (χ1n) is 7.40. The summed E-state index contributed by atoms with van der Waals surface area (Å²) in [5.74, 6) is 0.188. The molecule has 1 aromatic carbocycles. The average molecular weight is 346 g/mol. The highest BCUT2D eigenvalue weighted by molar-refractivity contribution is 9.10. The lowest BCUT2D eigenvalue weighted by atomic mass is 9.63. The number of anilines is 1. The fourth-order valence-corrected chi connectivity index (χ4v) is 4.42. The van der Waals surface area contributed by atoms with Crippen molar-refractivity contribution in [3.05, 3.63) is 40.4 Å². The Labute approximate surface area is 132 Å². The van der Waals surface area contributed by atoms with Crippen molar-refractivity contribution in [2.24, 2.45) is 23.7 Å². The van der Waals surface area contributed by atoms with E-state index in [1.807, 2.05) is 25.1 Å². The predicted molar refractivity (Wildman–Crippen MR) is 83.7 cm³/mol. The molecule has 0 N–H and O–H groups in total. The van der Waals surface area contributed by atoms with Gasteiger partial charge < -0.3 is 0 Å². The molecule has 4 atom stereocenters. The molecule has 1 aliphatic heterocycles. The molecular weight excluding hydrogens is 330 g/mol. The van der Waals surface area contributed by atoms with Crippen LogP contribution in [-0.2, 0) is 9.59 Å². The van der Waals surface area contributed by atoms with Crippen LogP contribution >= 0.6 is 15.9 Å². The van der Waals surface area contributed by atoms with Crippen LogP contribution in [0.4, 0.5) is 5.69 Å². The second-order valence-electron chi connectivity index (χ2n) is 6.29. The van der Waals surface area contributed by atoms with Crippen molar-refractivity contribution in [3.63, 3.8) is 0 Å². The first kappa shape index (κ1) is 13.3. The molecule has 1 saturated heterocycles. The number of rotatable bonds is 1. The fraction of sp³-hybridized carbons (Fsp3) is 0.412. The first-order valence-corrected chi connectivity index (χ1v) is 8.19. The van der Waals surface area contributed by atoms with E-state index in [0.29, 0.717) is 5.69 Å². The number of carbonyl (C=O) groups is 2. The Hall–Kier alpha value is -1.42. The number of hydrogen-bond acceptors (Lipinski definition) is 2. The van der Waals surface area contributed by atoms with E-state index in [2.05, 4.69) is 28.1 Å². The number of benzene rings is 1. The molecule has 5 rings (SSSR count). The summed E-state index contributed by atoms with van der Waals surface area (Å²) in [4.78, 5) is 27.0. The Balaban J connectivity index is 1.76. The smallest absolute Gasteiger partial charge is 0.238 e. The van der Waals surface area contributed by atoms with Crippen LogP contribution in [0.25, 0.3) is 0 Å². The minimum absolute atomic E-state index is 0.0141. The first-order chi connectivity index (χ1) is 10.1. The summed E-state index contributed by atoms with van der Waals surface area (Å²) in [5, 5.41) is 0. The zero-order chi connectivity index (χ0) is 14.7. The number of allylic oxidation sites excluding steroid dienone is 2. The normalized spacial score (nSPS) is 33.7. The predicted octanol–water partition coefficient (Wildman–Crippen LogP) is 3.46. The number of hydrogen-bond donors (Lipinski definition) is 0. The van der Waals surface area contributed by atoms with Crippen LogP contribution in [0.1, 0.15) is 18.4 Å². The molecule has 4 aliphatic rings. The minimum Gasteiger partial charge on any atom is -0.274 e. The third kappa shape index (κ3) is 1.78. The largest absolute Gasteiger partial charge is 0.274 e. The third-order valence-electron chi connectivity index (χ3n) is 5.17. The van der Waals surface area contributed by atoms with Gasteiger partial charge in [0.25, 0.3) is 0 Å². The zero-order valence-corrected chi connectivity index (χ0v) is 13.3. The van der Waals surface area contributed by atoms with Gasteiger partial charge in [-0.1, -0.05) is 34.1 Å². The van der Waals surface area contributed by atoms with Crippen molar-refractivity contribution in [1.82, 2.24) is 0 Å². The third-order valence-corrected chi connectivity index (χ3v) is 6.03. The Morgan fingerprint density at radius 3 is 2.10 bits per heavy atom. The van der Waals surface area contributed by atoms with E-state index in [9.17, 15) is 9.59 Å². The Morgan fingerprint density at radius 2 is 1.62 bits per heavy atom. The quantitative estimate of drug-likeness (QED) is 0.577. The molecule has 108 valence electrons. The lowest BCUT2D eigenvalue weighted by Gasteiger charge is -2.38. The number of carbonyl (C=O) groups excluding carboxylic acids is 2. The van der Waals surface area contributed by atoms with Gasteiger partial charge in [0, 0.05) is 4.47 Å². The molecule has 0 radical (unpaired) electrons. The van der Waals surface area contributed by atoms with Gasteiger partial charge in [-0.2, -0.15) is 0 Å². The molecule has 1 saturated carbocycles. The van der Waals surface area contributed by atoms with Gasteiger partial charge in [-0.25, -0.2) is 4.90 Å². The minimum atomic E-state index is -0.138. The summed E-state index contributed by atoms with van der Waals surface area (Å²) >= 11 is 3.48. The second kappa shape index (κ2) is 4.54. The fourth-order valence-electron chi connectivity index (χ4n) is 4.05. The maximum atomic E-state index is 12.8. The maximum absolute atomic E-state index is 12.8. The molecule has 2 bridgehead atoms. The highest BCUT2D eigenvalue weighted by Crippen LogP contribution is 2.50. The van der Waals surface area contributed by atoms with Crippen molar-refractivity contribution in [3.8, 4) is 0 Å². The summed E-state index contributed by atoms with van der Waals surface area (Å²) < 4.78 is 0.927. The Morgan fingerprint density at radius 1 is 1.05 bits per heavy atom. The monoisotopic (exact) mass is 345 g/mol. The number of fused-ring (bicyclic) bond motifs is 1. The van der Waals surface area contributed by atoms with Crippen LogP contribution in [-0.4, -0.2) is 11.8 Å². The van der Waals surface area contributed by atoms with Gasteiger partial charge in [0.2, 0.25) is 11.8 Å². The summed E-state index contributed by atoms with van der Waals surface area (Å²) in [6.45, 7) is 1.99. The van der Waals surface area contributed by atoms with Gasteiger partial charge in [-0.05, 0) is 49.3 Å². The Bertz CT molecular complexity index is 649. The van der Waals surface area contributed by atoms with Gasteiger partial charge >= 0.3 is 0 Å². The van der Waals surface area contributed by atoms with E-state index in [-0.39, 0.29) is 35.5 Å². The summed E-state index contributed by atoms with van der Waals surface area (Å²) in [6, 6.07) is 5.68. The van der Waals surface area contributed by atoms with Crippen LogP contribution in [0.15, 0.2) is 34.8 Å². The molecule has 0 spiro atoms. The molecular formula is C17H16BrNO2. The van der Waals surface area contributed by atoms with Gasteiger partial charge in [-0.15, -0.1) is 0 Å². The molecule has 0 unspecified atom stereocenters. The maximum Gasteiger partial charge on any atom is 0.238 e. The van der Waals surface area contributed by atoms with Crippen molar-refractivity contribution < 1.29 is 9.59 Å². The number of nitrogens with zero attached hydrogens (tertiary/aromatic N) is 1. The SMILES string of the molecule is Cc1ccc(N2C(=O)[C@@H]3[C@H](C2=O)[C@H]2C=C[C@H]3CC2)cc1Br. The van der Waals surface area contributed by atoms with Crippen molar-refractivity contribution >= 4 is 33.4 Å². The summed E-state index contributed by atoms with van der Waals surface area (Å²) in [6.07, 6.45) is 6.36. The molecule has 2 amide bonds. The molecule has 0 aromatic heterocycles. The van der Waals surface area contributed by atoms with Crippen LogP contribution in [0.5, 0.6) is 0 Å². The molecule has 2 fully saturated rings. The standard InChI is InChI=1S/C17H16BrNO2/c1-9-2-7-12(8-13(9)18)19-16(20)14-10-3-4-11(6-5-10)15(14)17(19)21/h2-4,7-8,10-11,14-15H,5-6H2,1H3/t10-,11-,14-,15+/m0/s1. The van der Waals surface area contributed by atoms with Crippen molar-refractivity contribution in [2.45, 2.75) is 19.8 Å². The van der Waals surface area contributed by atoms with Gasteiger partial charge in [0.15, 0.2) is 0 Å². The molecule has 21 heavy (non-hydrogen) atoms. The number of amides is 2. The van der Waals surface area contributed by atoms with Crippen molar-refractivity contribution in [2.75, 3.05) is 4.90 Å². The zero-order valence-electron chi connectivity index (χ0n) is 11.8. The highest BCUT2D eigenvalue weighted by Gasteiger charge is 2.56. The van der Waals surface area contributed by atoms with Crippen molar-refractivity contribution in [1.29, 1.82) is 0 Å². The van der Waals surface area contributed by atoms with Crippen LogP contribution in [0.3, 0.4) is 0 Å². The molecule has 4 heteroatoms. The average Bonchev–Trinajstić information content (AvgIpc) is 2.78. The second-order valence-corrected chi connectivity index (χ2v) is 7.14. The van der Waals surface area contributed by atoms with Gasteiger partial charge in [0.05, 0.1) is 17.5 Å². The number of halogens is 1. The molecule has 3 aliphatic carbocycles. The lowest BCUT2D eigenvalue weighted by molar-refractivity contribution is -0.124. The van der Waals surface area contributed by atoms with E-state index >= 15 is 0 Å². The van der Waals surface area contributed by atoms with Gasteiger partial charge in [-0.3, -0.25) is 9.59 Å². The summed E-state index contributed by atoms with van der Waals surface area (Å²) in [5.41, 5.74) is 1.79. The van der Waals surface area contributed by atoms with Crippen LogP contribution in [0.2, 0.25) is 0 Å². The summed E-state index contributed by atoms with van der Waals surface area (Å²) in [7, 11) is 0. The molecule has 1 heterocycles. The van der Waals surface area contributed by atoms with Crippen LogP contribution in [0, 0.1) is 30.6 Å². The number of imide groups is 1. The number of aryl methyl sites for hydroxylation is 1. The van der Waals surface area contributed by atoms with E-state index in [1.54, 1.807) is 0 Å². The lowest BCUT2D eigenvalue weighted by Crippen LogP contribution is -2.38. The van der Waals surface area contributed by atoms with Crippen LogP contribution < -0.4 is 4.90 Å². The van der Waals surface area contributed by atoms with E-state index < -0.39 is 0 Å². The Kier molecular flexibility index (Phi) is 2.86.